The molecule has 1 amide bonds. The van der Waals surface area contributed by atoms with Gasteiger partial charge in [-0.25, -0.2) is 4.68 Å². The van der Waals surface area contributed by atoms with Gasteiger partial charge in [0, 0.05) is 12.4 Å². The summed E-state index contributed by atoms with van der Waals surface area (Å²) in [6.45, 7) is 0.287. The fourth-order valence-electron chi connectivity index (χ4n) is 1.75. The Labute approximate surface area is 120 Å². The Morgan fingerprint density at radius 3 is 2.90 bits per heavy atom. The van der Waals surface area contributed by atoms with Crippen LogP contribution in [0.25, 0.3) is 5.69 Å². The number of carbonyl (C=O) groups excluding carboxylic acids is 1. The van der Waals surface area contributed by atoms with Gasteiger partial charge in [0.15, 0.2) is 0 Å². The van der Waals surface area contributed by atoms with Crippen LogP contribution in [0.5, 0.6) is 0 Å². The van der Waals surface area contributed by atoms with Crippen LogP contribution >= 0.6 is 0 Å². The summed E-state index contributed by atoms with van der Waals surface area (Å²) in [4.78, 5) is 19.9. The number of nitrogens with one attached hydrogen (secondary N) is 1. The standard InChI is InChI=1S/C14H12N6O/c21-14(13-5-1-2-7-16-13)17-8-11-10-20(19-18-11)12-4-3-6-15-9-12/h1-7,9-10H,8H2,(H,17,21). The van der Waals surface area contributed by atoms with E-state index < -0.39 is 0 Å². The molecule has 0 saturated heterocycles. The second-order valence-electron chi connectivity index (χ2n) is 4.26. The van der Waals surface area contributed by atoms with Gasteiger partial charge in [0.1, 0.15) is 11.4 Å². The number of amides is 1. The first kappa shape index (κ1) is 12.9. The molecule has 0 saturated carbocycles. The van der Waals surface area contributed by atoms with Crippen molar-refractivity contribution in [1.29, 1.82) is 0 Å². The molecule has 0 aromatic carbocycles. The second kappa shape index (κ2) is 5.91. The molecule has 21 heavy (non-hydrogen) atoms. The van der Waals surface area contributed by atoms with Crippen LogP contribution in [0.4, 0.5) is 0 Å². The molecule has 0 unspecified atom stereocenters. The van der Waals surface area contributed by atoms with Crippen LogP contribution in [0.15, 0.2) is 55.1 Å². The first-order valence-electron chi connectivity index (χ1n) is 6.34. The summed E-state index contributed by atoms with van der Waals surface area (Å²) in [5.41, 5.74) is 1.84. The molecule has 0 aliphatic carbocycles. The summed E-state index contributed by atoms with van der Waals surface area (Å²) in [5.74, 6) is -0.244. The lowest BCUT2D eigenvalue weighted by atomic mass is 10.3. The molecule has 7 nitrogen and oxygen atoms in total. The van der Waals surface area contributed by atoms with Crippen molar-refractivity contribution in [2.75, 3.05) is 0 Å². The maximum Gasteiger partial charge on any atom is 0.270 e. The van der Waals surface area contributed by atoms with Crippen molar-refractivity contribution in [2.45, 2.75) is 6.54 Å². The van der Waals surface area contributed by atoms with E-state index in [2.05, 4.69) is 25.6 Å². The quantitative estimate of drug-likeness (QED) is 0.770. The summed E-state index contributed by atoms with van der Waals surface area (Å²) in [7, 11) is 0. The van der Waals surface area contributed by atoms with Gasteiger partial charge >= 0.3 is 0 Å². The number of aromatic nitrogens is 5. The highest BCUT2D eigenvalue weighted by atomic mass is 16.1. The molecule has 0 aliphatic heterocycles. The van der Waals surface area contributed by atoms with Crippen molar-refractivity contribution in [3.05, 3.63) is 66.5 Å². The lowest BCUT2D eigenvalue weighted by molar-refractivity contribution is 0.0945. The van der Waals surface area contributed by atoms with Gasteiger partial charge in [-0.3, -0.25) is 14.8 Å². The topological polar surface area (TPSA) is 85.6 Å². The van der Waals surface area contributed by atoms with E-state index in [0.29, 0.717) is 11.4 Å². The first-order chi connectivity index (χ1) is 10.3. The van der Waals surface area contributed by atoms with E-state index in [0.717, 1.165) is 5.69 Å². The molecule has 0 atom stereocenters. The van der Waals surface area contributed by atoms with Crippen LogP contribution in [0, 0.1) is 0 Å². The summed E-state index contributed by atoms with van der Waals surface area (Å²) < 4.78 is 1.61. The van der Waals surface area contributed by atoms with Crippen molar-refractivity contribution >= 4 is 5.91 Å². The van der Waals surface area contributed by atoms with Gasteiger partial charge in [-0.2, -0.15) is 0 Å². The van der Waals surface area contributed by atoms with Crippen molar-refractivity contribution in [2.24, 2.45) is 0 Å². The smallest absolute Gasteiger partial charge is 0.270 e. The van der Waals surface area contributed by atoms with Crippen LogP contribution < -0.4 is 5.32 Å². The van der Waals surface area contributed by atoms with Gasteiger partial charge in [0.25, 0.3) is 5.91 Å². The van der Waals surface area contributed by atoms with Crippen molar-refractivity contribution < 1.29 is 4.79 Å². The number of rotatable bonds is 4. The molecular formula is C14H12N6O. The minimum Gasteiger partial charge on any atom is -0.345 e. The van der Waals surface area contributed by atoms with E-state index in [1.165, 1.54) is 0 Å². The monoisotopic (exact) mass is 280 g/mol. The first-order valence-corrected chi connectivity index (χ1v) is 6.34. The second-order valence-corrected chi connectivity index (χ2v) is 4.26. The normalized spacial score (nSPS) is 10.3. The molecule has 3 rings (SSSR count). The predicted octanol–water partition coefficient (Wildman–Crippen LogP) is 0.987. The van der Waals surface area contributed by atoms with E-state index in [9.17, 15) is 4.79 Å². The molecule has 3 aromatic heterocycles. The Morgan fingerprint density at radius 1 is 1.19 bits per heavy atom. The Balaban J connectivity index is 1.64. The number of pyridine rings is 2. The molecule has 0 fully saturated rings. The Kier molecular flexibility index (Phi) is 3.64. The zero-order valence-corrected chi connectivity index (χ0v) is 11.0. The molecule has 104 valence electrons. The third kappa shape index (κ3) is 3.08. The van der Waals surface area contributed by atoms with Crippen molar-refractivity contribution in [3.63, 3.8) is 0 Å². The fraction of sp³-hybridized carbons (Fsp3) is 0.0714. The van der Waals surface area contributed by atoms with E-state index in [4.69, 9.17) is 0 Å². The largest absolute Gasteiger partial charge is 0.345 e. The molecule has 0 spiro atoms. The SMILES string of the molecule is O=C(NCc1cn(-c2cccnc2)nn1)c1ccccn1. The average Bonchev–Trinajstić information content (AvgIpc) is 3.03. The third-order valence-corrected chi connectivity index (χ3v) is 2.78. The van der Waals surface area contributed by atoms with Gasteiger partial charge in [0.05, 0.1) is 24.6 Å². The van der Waals surface area contributed by atoms with Crippen LogP contribution in [0.1, 0.15) is 16.2 Å². The summed E-state index contributed by atoms with van der Waals surface area (Å²) in [5, 5.41) is 10.8. The lowest BCUT2D eigenvalue weighted by Gasteiger charge is -2.01. The van der Waals surface area contributed by atoms with E-state index in [1.807, 2.05) is 12.1 Å². The van der Waals surface area contributed by atoms with Crippen LogP contribution in [-0.4, -0.2) is 30.9 Å². The minimum absolute atomic E-state index is 0.244. The maximum absolute atomic E-state index is 11.9. The highest BCUT2D eigenvalue weighted by Crippen LogP contribution is 2.04. The Hall–Kier alpha value is -3.09. The lowest BCUT2D eigenvalue weighted by Crippen LogP contribution is -2.23. The van der Waals surface area contributed by atoms with Gasteiger partial charge in [0.2, 0.25) is 0 Å². The Morgan fingerprint density at radius 2 is 2.14 bits per heavy atom. The third-order valence-electron chi connectivity index (χ3n) is 2.78. The van der Waals surface area contributed by atoms with Crippen molar-refractivity contribution in [3.8, 4) is 5.69 Å². The van der Waals surface area contributed by atoms with Gasteiger partial charge in [-0.1, -0.05) is 11.3 Å². The zero-order valence-electron chi connectivity index (χ0n) is 11.0. The van der Waals surface area contributed by atoms with Gasteiger partial charge in [-0.15, -0.1) is 5.10 Å². The Bertz CT molecular complexity index is 725. The highest BCUT2D eigenvalue weighted by molar-refractivity contribution is 5.92. The maximum atomic E-state index is 11.9. The zero-order chi connectivity index (χ0) is 14.5. The molecule has 0 aliphatic rings. The van der Waals surface area contributed by atoms with Crippen LogP contribution in [0.3, 0.4) is 0 Å². The molecule has 3 aromatic rings. The number of hydrogen-bond donors (Lipinski definition) is 1. The van der Waals surface area contributed by atoms with Crippen LogP contribution in [-0.2, 0) is 6.54 Å². The number of hydrogen-bond acceptors (Lipinski definition) is 5. The van der Waals surface area contributed by atoms with Gasteiger partial charge in [-0.05, 0) is 24.3 Å². The summed E-state index contributed by atoms with van der Waals surface area (Å²) in [6.07, 6.45) is 6.70. The number of nitrogens with zero attached hydrogens (tertiary/aromatic N) is 5. The molecule has 3 heterocycles. The fourth-order valence-corrected chi connectivity index (χ4v) is 1.75. The predicted molar refractivity (Wildman–Crippen MR) is 74.6 cm³/mol. The highest BCUT2D eigenvalue weighted by Gasteiger charge is 2.08. The van der Waals surface area contributed by atoms with E-state index in [-0.39, 0.29) is 12.5 Å². The molecule has 1 N–H and O–H groups in total. The minimum atomic E-state index is -0.244. The van der Waals surface area contributed by atoms with Crippen molar-refractivity contribution in [1.82, 2.24) is 30.3 Å². The van der Waals surface area contributed by atoms with E-state index >= 15 is 0 Å². The number of carbonyl (C=O) groups is 1. The molecule has 7 heteroatoms. The summed E-state index contributed by atoms with van der Waals surface area (Å²) >= 11 is 0. The average molecular weight is 280 g/mol. The molecule has 0 radical (unpaired) electrons. The van der Waals surface area contributed by atoms with E-state index in [1.54, 1.807) is 47.7 Å². The summed E-state index contributed by atoms with van der Waals surface area (Å²) in [6, 6.07) is 8.87. The molecule has 0 bridgehead atoms. The van der Waals surface area contributed by atoms with Gasteiger partial charge < -0.3 is 5.32 Å². The van der Waals surface area contributed by atoms with Crippen LogP contribution in [0.2, 0.25) is 0 Å². The molecular weight excluding hydrogens is 268 g/mol.